The van der Waals surface area contributed by atoms with Crippen molar-refractivity contribution in [2.75, 3.05) is 51.7 Å². The first-order valence-electron chi connectivity index (χ1n) is 15.1. The Morgan fingerprint density at radius 2 is 1.68 bits per heavy atom. The van der Waals surface area contributed by atoms with Crippen molar-refractivity contribution in [3.8, 4) is 17.0 Å². The summed E-state index contributed by atoms with van der Waals surface area (Å²) >= 11 is 6.51. The number of hydrogen-bond donors (Lipinski definition) is 3. The predicted octanol–water partition coefficient (Wildman–Crippen LogP) is 3.51. The zero-order valence-corrected chi connectivity index (χ0v) is 26.6. The lowest BCUT2D eigenvalue weighted by Crippen LogP contribution is -2.41. The summed E-state index contributed by atoms with van der Waals surface area (Å²) in [5, 5.41) is 13.1. The molecule has 250 valence electrons. The summed E-state index contributed by atoms with van der Waals surface area (Å²) in [4.78, 5) is 55.6. The van der Waals surface area contributed by atoms with Crippen LogP contribution in [0.5, 0.6) is 5.75 Å². The quantitative estimate of drug-likeness (QED) is 0.338. The number of ether oxygens (including phenoxy) is 1. The van der Waals surface area contributed by atoms with Crippen LogP contribution in [0, 0.1) is 29.4 Å². The maximum absolute atomic E-state index is 14.7. The molecular weight excluding hydrogens is 638 g/mol. The van der Waals surface area contributed by atoms with Crippen molar-refractivity contribution >= 4 is 41.5 Å². The second-order valence-corrected chi connectivity index (χ2v) is 12.1. The summed E-state index contributed by atoms with van der Waals surface area (Å²) in [7, 11) is 2.76. The minimum Gasteiger partial charge on any atom is -0.494 e. The number of carbonyl (C=O) groups excluding carboxylic acids is 3. The maximum Gasteiger partial charge on any atom is 0.291 e. The zero-order chi connectivity index (χ0) is 33.8. The molecule has 2 aromatic carbocycles. The normalized spacial score (nSPS) is 19.1. The van der Waals surface area contributed by atoms with Gasteiger partial charge in [0.2, 0.25) is 11.7 Å². The number of methoxy groups -OCH3 is 1. The van der Waals surface area contributed by atoms with Gasteiger partial charge in [-0.25, -0.2) is 9.37 Å². The Morgan fingerprint density at radius 3 is 2.30 bits per heavy atom. The number of likely N-dealkylation sites (tertiary alicyclic amines) is 2. The molecule has 0 radical (unpaired) electrons. The third kappa shape index (κ3) is 6.93. The van der Waals surface area contributed by atoms with Gasteiger partial charge in [0, 0.05) is 62.2 Å². The van der Waals surface area contributed by atoms with Gasteiger partial charge in [-0.3, -0.25) is 19.2 Å². The molecule has 15 heteroatoms. The number of hydrogen-bond acceptors (Lipinski definition) is 7. The van der Waals surface area contributed by atoms with E-state index >= 15 is 0 Å². The number of anilines is 1. The van der Waals surface area contributed by atoms with Crippen molar-refractivity contribution in [2.45, 2.75) is 12.8 Å². The van der Waals surface area contributed by atoms with Gasteiger partial charge >= 0.3 is 0 Å². The van der Waals surface area contributed by atoms with Crippen LogP contribution < -0.4 is 15.4 Å². The third-order valence-corrected chi connectivity index (χ3v) is 9.28. The fourth-order valence-corrected chi connectivity index (χ4v) is 6.81. The molecule has 6 rings (SSSR count). The molecule has 3 aromatic rings. The average Bonchev–Trinajstić information content (AvgIpc) is 3.76. The van der Waals surface area contributed by atoms with Crippen molar-refractivity contribution < 1.29 is 37.8 Å². The Morgan fingerprint density at radius 1 is 1.04 bits per heavy atom. The topological polar surface area (TPSA) is 146 Å². The first-order valence-corrected chi connectivity index (χ1v) is 15.5. The SMILES string of the molecule is COc1ccc(-c2cnc(C(=O)Nc3ccc(C(=O)N4C[C@@H]5CN(C(=O)C6CCNCC6)C[C@@H]5C4)c(Cl)c3)n2C)c(F)c1F.O=CO. The van der Waals surface area contributed by atoms with E-state index in [4.69, 9.17) is 26.2 Å². The second-order valence-electron chi connectivity index (χ2n) is 11.7. The minimum absolute atomic E-state index is 0.0387. The number of piperidine rings is 1. The van der Waals surface area contributed by atoms with Gasteiger partial charge in [0.25, 0.3) is 18.3 Å². The molecule has 3 saturated heterocycles. The number of nitrogens with zero attached hydrogens (tertiary/aromatic N) is 4. The molecule has 0 spiro atoms. The molecule has 0 unspecified atom stereocenters. The number of carbonyl (C=O) groups is 4. The fraction of sp³-hybridized carbons (Fsp3) is 0.406. The van der Waals surface area contributed by atoms with E-state index in [9.17, 15) is 23.2 Å². The molecular formula is C32H35ClF2N6O6. The highest BCUT2D eigenvalue weighted by atomic mass is 35.5. The zero-order valence-electron chi connectivity index (χ0n) is 25.8. The number of aromatic nitrogens is 2. The Hall–Kier alpha value is -4.56. The van der Waals surface area contributed by atoms with E-state index in [1.165, 1.54) is 43.1 Å². The van der Waals surface area contributed by atoms with E-state index in [0.29, 0.717) is 37.4 Å². The van der Waals surface area contributed by atoms with Crippen molar-refractivity contribution in [3.63, 3.8) is 0 Å². The maximum atomic E-state index is 14.7. The first kappa shape index (κ1) is 33.8. The smallest absolute Gasteiger partial charge is 0.291 e. The van der Waals surface area contributed by atoms with Gasteiger partial charge in [-0.15, -0.1) is 0 Å². The second kappa shape index (κ2) is 14.5. The predicted molar refractivity (Wildman–Crippen MR) is 168 cm³/mol. The van der Waals surface area contributed by atoms with Crippen molar-refractivity contribution in [2.24, 2.45) is 24.8 Å². The Kier molecular flexibility index (Phi) is 10.4. The average molecular weight is 673 g/mol. The number of halogens is 3. The fourth-order valence-electron chi connectivity index (χ4n) is 6.55. The van der Waals surface area contributed by atoms with Gasteiger partial charge in [0.15, 0.2) is 17.4 Å². The van der Waals surface area contributed by atoms with E-state index in [-0.39, 0.29) is 63.9 Å². The number of nitrogens with one attached hydrogen (secondary N) is 2. The largest absolute Gasteiger partial charge is 0.494 e. The molecule has 0 bridgehead atoms. The summed E-state index contributed by atoms with van der Waals surface area (Å²) in [6.45, 7) is 3.97. The molecule has 3 amide bonds. The molecule has 2 atom stereocenters. The molecule has 0 aliphatic carbocycles. The molecule has 4 heterocycles. The van der Waals surface area contributed by atoms with Gasteiger partial charge in [-0.1, -0.05) is 11.6 Å². The van der Waals surface area contributed by atoms with Crippen LogP contribution in [0.1, 0.15) is 33.8 Å². The van der Waals surface area contributed by atoms with Crippen LogP contribution in [0.3, 0.4) is 0 Å². The number of amides is 3. The number of rotatable bonds is 6. The molecule has 0 saturated carbocycles. The molecule has 47 heavy (non-hydrogen) atoms. The van der Waals surface area contributed by atoms with Crippen LogP contribution in [0.2, 0.25) is 5.02 Å². The number of fused-ring (bicyclic) bond motifs is 1. The molecule has 3 N–H and O–H groups in total. The highest BCUT2D eigenvalue weighted by Crippen LogP contribution is 2.35. The van der Waals surface area contributed by atoms with Crippen LogP contribution in [0.15, 0.2) is 36.5 Å². The number of benzene rings is 2. The summed E-state index contributed by atoms with van der Waals surface area (Å²) in [5.41, 5.74) is 0.786. The summed E-state index contributed by atoms with van der Waals surface area (Å²) in [5.74, 6) is -2.50. The van der Waals surface area contributed by atoms with Crippen LogP contribution in [-0.4, -0.2) is 95.0 Å². The van der Waals surface area contributed by atoms with Crippen molar-refractivity contribution in [1.29, 1.82) is 0 Å². The summed E-state index contributed by atoms with van der Waals surface area (Å²) < 4.78 is 35.1. The number of imidazole rings is 1. The van der Waals surface area contributed by atoms with Crippen LogP contribution in [0.4, 0.5) is 14.5 Å². The Balaban J connectivity index is 0.00000139. The van der Waals surface area contributed by atoms with Crippen molar-refractivity contribution in [1.82, 2.24) is 24.7 Å². The molecule has 3 aliphatic rings. The third-order valence-electron chi connectivity index (χ3n) is 8.96. The van der Waals surface area contributed by atoms with Crippen LogP contribution >= 0.6 is 11.6 Å². The minimum atomic E-state index is -1.14. The molecule has 3 fully saturated rings. The lowest BCUT2D eigenvalue weighted by atomic mass is 9.96. The molecule has 3 aliphatic heterocycles. The Labute approximate surface area is 274 Å². The van der Waals surface area contributed by atoms with Crippen LogP contribution in [-0.2, 0) is 16.6 Å². The molecule has 12 nitrogen and oxygen atoms in total. The van der Waals surface area contributed by atoms with E-state index in [0.717, 1.165) is 25.9 Å². The van der Waals surface area contributed by atoms with E-state index in [1.54, 1.807) is 17.0 Å². The van der Waals surface area contributed by atoms with E-state index < -0.39 is 17.5 Å². The lowest BCUT2D eigenvalue weighted by Gasteiger charge is -2.28. The monoisotopic (exact) mass is 672 g/mol. The van der Waals surface area contributed by atoms with Gasteiger partial charge in [-0.2, -0.15) is 4.39 Å². The van der Waals surface area contributed by atoms with Crippen molar-refractivity contribution in [3.05, 3.63) is 64.6 Å². The first-order chi connectivity index (χ1) is 22.6. The van der Waals surface area contributed by atoms with E-state index in [1.807, 2.05) is 4.90 Å². The van der Waals surface area contributed by atoms with Gasteiger partial charge in [0.05, 0.1) is 29.6 Å². The highest BCUT2D eigenvalue weighted by molar-refractivity contribution is 6.34. The van der Waals surface area contributed by atoms with E-state index in [2.05, 4.69) is 15.6 Å². The summed E-state index contributed by atoms with van der Waals surface area (Å²) in [6, 6.07) is 7.29. The lowest BCUT2D eigenvalue weighted by molar-refractivity contribution is -0.135. The molecule has 1 aromatic heterocycles. The van der Waals surface area contributed by atoms with Gasteiger partial charge in [-0.05, 0) is 56.3 Å². The summed E-state index contributed by atoms with van der Waals surface area (Å²) in [6.07, 6.45) is 3.03. The highest BCUT2D eigenvalue weighted by Gasteiger charge is 2.44. The number of carboxylic acid groups (broad SMARTS) is 1. The standard InChI is InChI=1S/C31H33ClF2N6O4.CH2O2/c1-38-24(22-5-6-25(44-2)27(34)26(22)33)12-36-28(38)29(41)37-20-3-4-21(23(32)11-20)31(43)40-15-18-13-39(14-19(18)16-40)30(42)17-7-9-35-10-8-17;2-1-3/h3-6,11-12,17-19,35H,7-10,13-16H2,1-2H3,(H,37,41);1H,(H,2,3)/t18-,19+;. The van der Waals surface area contributed by atoms with Gasteiger partial charge < -0.3 is 34.8 Å². The van der Waals surface area contributed by atoms with Gasteiger partial charge in [0.1, 0.15) is 0 Å². The van der Waals surface area contributed by atoms with Crippen LogP contribution in [0.25, 0.3) is 11.3 Å². The Bertz CT molecular complexity index is 1670.